The van der Waals surface area contributed by atoms with Gasteiger partial charge in [-0.25, -0.2) is 9.38 Å². The SMILES string of the molecule is CCCc1c(OCc2ccc(F)n3c(=O)c(C#N)cnc23)ccc(C(C)=O)c1O. The predicted octanol–water partition coefficient (Wildman–Crippen LogP) is 3.14. The van der Waals surface area contributed by atoms with Crippen LogP contribution in [0.5, 0.6) is 11.5 Å². The number of Topliss-reactive ketones (excluding diaryl/α,β-unsaturated/α-hetero) is 1. The monoisotopic (exact) mass is 395 g/mol. The molecule has 0 saturated heterocycles. The Morgan fingerprint density at radius 3 is 2.76 bits per heavy atom. The van der Waals surface area contributed by atoms with Crippen molar-refractivity contribution >= 4 is 11.4 Å². The number of benzene rings is 1. The van der Waals surface area contributed by atoms with Gasteiger partial charge in [-0.15, -0.1) is 0 Å². The summed E-state index contributed by atoms with van der Waals surface area (Å²) in [5.74, 6) is -0.831. The average Bonchev–Trinajstić information content (AvgIpc) is 2.69. The molecule has 2 heterocycles. The van der Waals surface area contributed by atoms with Crippen LogP contribution in [0.2, 0.25) is 0 Å². The first-order valence-electron chi connectivity index (χ1n) is 8.96. The molecule has 0 amide bonds. The first-order chi connectivity index (χ1) is 13.9. The van der Waals surface area contributed by atoms with E-state index in [4.69, 9.17) is 10.00 Å². The molecule has 0 aliphatic rings. The molecule has 2 aromatic heterocycles. The van der Waals surface area contributed by atoms with E-state index >= 15 is 0 Å². The third-order valence-electron chi connectivity index (χ3n) is 4.51. The summed E-state index contributed by atoms with van der Waals surface area (Å²) in [4.78, 5) is 27.9. The van der Waals surface area contributed by atoms with E-state index in [9.17, 15) is 19.1 Å². The van der Waals surface area contributed by atoms with Crippen LogP contribution < -0.4 is 10.3 Å². The maximum atomic E-state index is 14.2. The van der Waals surface area contributed by atoms with Crippen LogP contribution in [0.15, 0.2) is 35.3 Å². The number of phenolic OH excluding ortho intramolecular Hbond substituents is 1. The number of hydrogen-bond donors (Lipinski definition) is 1. The standard InChI is InChI=1S/C21H18FN3O4/c1-3-4-16-17(7-6-15(12(2)26)19(16)27)29-11-13-5-8-18(22)25-20(13)24-10-14(9-23)21(25)28/h5-8,10,27H,3-4,11H2,1-2H3. The molecule has 8 heteroatoms. The fourth-order valence-electron chi connectivity index (χ4n) is 3.07. The number of hydrogen-bond acceptors (Lipinski definition) is 6. The molecular weight excluding hydrogens is 377 g/mol. The van der Waals surface area contributed by atoms with Gasteiger partial charge in [0.15, 0.2) is 5.78 Å². The number of rotatable bonds is 6. The van der Waals surface area contributed by atoms with Crippen molar-refractivity contribution in [1.29, 1.82) is 5.26 Å². The molecular formula is C21H18FN3O4. The van der Waals surface area contributed by atoms with Gasteiger partial charge in [0.2, 0.25) is 5.95 Å². The number of aromatic hydroxyl groups is 1. The fraction of sp³-hybridized carbons (Fsp3) is 0.238. The van der Waals surface area contributed by atoms with Gasteiger partial charge in [-0.05, 0) is 37.6 Å². The molecule has 0 saturated carbocycles. The van der Waals surface area contributed by atoms with Crippen LogP contribution >= 0.6 is 0 Å². The van der Waals surface area contributed by atoms with Gasteiger partial charge in [-0.1, -0.05) is 13.3 Å². The summed E-state index contributed by atoms with van der Waals surface area (Å²) in [6.45, 7) is 3.24. The van der Waals surface area contributed by atoms with Crippen molar-refractivity contribution in [2.24, 2.45) is 0 Å². The number of nitrogens with zero attached hydrogens (tertiary/aromatic N) is 3. The molecule has 0 unspecified atom stereocenters. The Balaban J connectivity index is 2.02. The van der Waals surface area contributed by atoms with Crippen LogP contribution in [0, 0.1) is 17.3 Å². The molecule has 0 radical (unpaired) electrons. The van der Waals surface area contributed by atoms with Gasteiger partial charge in [0.05, 0.1) is 11.8 Å². The van der Waals surface area contributed by atoms with Crippen molar-refractivity contribution in [3.8, 4) is 17.6 Å². The molecule has 1 N–H and O–H groups in total. The van der Waals surface area contributed by atoms with E-state index in [-0.39, 0.29) is 34.9 Å². The number of aromatic nitrogens is 2. The summed E-state index contributed by atoms with van der Waals surface area (Å²) in [6, 6.07) is 7.30. The van der Waals surface area contributed by atoms with Gasteiger partial charge in [0, 0.05) is 11.1 Å². The number of halogens is 1. The van der Waals surface area contributed by atoms with E-state index in [1.54, 1.807) is 12.1 Å². The van der Waals surface area contributed by atoms with Crippen molar-refractivity contribution in [2.75, 3.05) is 0 Å². The van der Waals surface area contributed by atoms with E-state index in [1.807, 2.05) is 6.92 Å². The molecule has 0 spiro atoms. The van der Waals surface area contributed by atoms with E-state index < -0.39 is 11.5 Å². The van der Waals surface area contributed by atoms with Gasteiger partial charge < -0.3 is 9.84 Å². The van der Waals surface area contributed by atoms with Crippen LogP contribution in [0.4, 0.5) is 4.39 Å². The molecule has 0 atom stereocenters. The second kappa shape index (κ2) is 8.10. The molecule has 0 bridgehead atoms. The Kier molecular flexibility index (Phi) is 5.59. The van der Waals surface area contributed by atoms with Crippen LogP contribution in [0.25, 0.3) is 5.65 Å². The first kappa shape index (κ1) is 20.0. The fourth-order valence-corrected chi connectivity index (χ4v) is 3.07. The molecule has 29 heavy (non-hydrogen) atoms. The maximum absolute atomic E-state index is 14.2. The summed E-state index contributed by atoms with van der Waals surface area (Å²) < 4.78 is 20.7. The van der Waals surface area contributed by atoms with Crippen LogP contribution in [-0.4, -0.2) is 20.3 Å². The third kappa shape index (κ3) is 3.67. The lowest BCUT2D eigenvalue weighted by molar-refractivity contribution is 0.101. The Morgan fingerprint density at radius 2 is 2.10 bits per heavy atom. The molecule has 1 aromatic carbocycles. The Morgan fingerprint density at radius 1 is 1.34 bits per heavy atom. The van der Waals surface area contributed by atoms with Crippen LogP contribution in [-0.2, 0) is 13.0 Å². The predicted molar refractivity (Wildman–Crippen MR) is 103 cm³/mol. The highest BCUT2D eigenvalue weighted by Crippen LogP contribution is 2.33. The second-order valence-corrected chi connectivity index (χ2v) is 6.46. The summed E-state index contributed by atoms with van der Waals surface area (Å²) in [5, 5.41) is 19.4. The van der Waals surface area contributed by atoms with E-state index in [0.29, 0.717) is 23.3 Å². The Hall–Kier alpha value is -3.73. The summed E-state index contributed by atoms with van der Waals surface area (Å²) in [5.41, 5.74) is 0.108. The van der Waals surface area contributed by atoms with Gasteiger partial charge in [0.25, 0.3) is 5.56 Å². The first-order valence-corrected chi connectivity index (χ1v) is 8.96. The Bertz CT molecular complexity index is 1210. The van der Waals surface area contributed by atoms with Crippen molar-refractivity contribution < 1.29 is 19.0 Å². The number of phenols is 1. The second-order valence-electron chi connectivity index (χ2n) is 6.46. The minimum absolute atomic E-state index is 0.0376. The van der Waals surface area contributed by atoms with Gasteiger partial charge in [0.1, 0.15) is 35.4 Å². The number of ether oxygens (including phenoxy) is 1. The topological polar surface area (TPSA) is 105 Å². The number of pyridine rings is 1. The highest BCUT2D eigenvalue weighted by Gasteiger charge is 2.17. The quantitative estimate of drug-likeness (QED) is 0.508. The van der Waals surface area contributed by atoms with Gasteiger partial charge in [-0.2, -0.15) is 9.65 Å². The van der Waals surface area contributed by atoms with Crippen molar-refractivity contribution in [2.45, 2.75) is 33.3 Å². The van der Waals surface area contributed by atoms with E-state index in [2.05, 4.69) is 4.98 Å². The third-order valence-corrected chi connectivity index (χ3v) is 4.51. The lowest BCUT2D eigenvalue weighted by Gasteiger charge is -2.15. The maximum Gasteiger partial charge on any atom is 0.278 e. The smallest absolute Gasteiger partial charge is 0.278 e. The molecule has 3 rings (SSSR count). The zero-order chi connectivity index (χ0) is 21.1. The highest BCUT2D eigenvalue weighted by molar-refractivity contribution is 5.97. The minimum Gasteiger partial charge on any atom is -0.507 e. The van der Waals surface area contributed by atoms with Crippen molar-refractivity contribution in [3.63, 3.8) is 0 Å². The molecule has 7 nitrogen and oxygen atoms in total. The van der Waals surface area contributed by atoms with Gasteiger partial charge >= 0.3 is 0 Å². The number of carbonyl (C=O) groups excluding carboxylic acids is 1. The zero-order valence-electron chi connectivity index (χ0n) is 15.9. The summed E-state index contributed by atoms with van der Waals surface area (Å²) in [6.07, 6.45) is 2.31. The van der Waals surface area contributed by atoms with E-state index in [1.165, 1.54) is 19.1 Å². The highest BCUT2D eigenvalue weighted by atomic mass is 19.1. The summed E-state index contributed by atoms with van der Waals surface area (Å²) in [7, 11) is 0. The lowest BCUT2D eigenvalue weighted by atomic mass is 10.0. The Labute approximate surface area is 165 Å². The van der Waals surface area contributed by atoms with Gasteiger partial charge in [-0.3, -0.25) is 9.59 Å². The molecule has 0 fully saturated rings. The summed E-state index contributed by atoms with van der Waals surface area (Å²) >= 11 is 0. The van der Waals surface area contributed by atoms with Crippen molar-refractivity contribution in [3.05, 3.63) is 69.0 Å². The van der Waals surface area contributed by atoms with Crippen LogP contribution in [0.3, 0.4) is 0 Å². The number of fused-ring (bicyclic) bond motifs is 1. The zero-order valence-corrected chi connectivity index (χ0v) is 15.9. The molecule has 3 aromatic rings. The largest absolute Gasteiger partial charge is 0.507 e. The number of ketones is 1. The van der Waals surface area contributed by atoms with Crippen LogP contribution in [0.1, 0.15) is 47.3 Å². The molecule has 0 aliphatic heterocycles. The normalized spacial score (nSPS) is 10.7. The van der Waals surface area contributed by atoms with Crippen molar-refractivity contribution in [1.82, 2.24) is 9.38 Å². The number of carbonyl (C=O) groups is 1. The molecule has 0 aliphatic carbocycles. The average molecular weight is 395 g/mol. The number of nitriles is 1. The van der Waals surface area contributed by atoms with E-state index in [0.717, 1.165) is 23.1 Å². The molecule has 148 valence electrons. The minimum atomic E-state index is -0.839. The lowest BCUT2D eigenvalue weighted by Crippen LogP contribution is -2.21.